The number of carbonyl (C=O) groups excluding carboxylic acids is 1. The van der Waals surface area contributed by atoms with Crippen LogP contribution in [0.3, 0.4) is 0 Å². The topological polar surface area (TPSA) is 48.4 Å². The van der Waals surface area contributed by atoms with Gasteiger partial charge in [0.25, 0.3) is 0 Å². The molecule has 3 aromatic rings. The molecule has 0 amide bonds. The van der Waals surface area contributed by atoms with Gasteiger partial charge in [0, 0.05) is 17.8 Å². The van der Waals surface area contributed by atoms with Crippen molar-refractivity contribution in [2.75, 3.05) is 7.11 Å². The Bertz CT molecular complexity index is 798. The summed E-state index contributed by atoms with van der Waals surface area (Å²) in [6, 6.07) is 19.5. The molecule has 0 aliphatic rings. The maximum atomic E-state index is 12.7. The van der Waals surface area contributed by atoms with Gasteiger partial charge in [-0.3, -0.25) is 4.79 Å². The van der Waals surface area contributed by atoms with Crippen molar-refractivity contribution in [1.29, 1.82) is 0 Å². The standard InChI is InChI=1S/C19H15NO3/c1-22-15-11-9-14(10-12-15)19(21)16-6-2-3-7-17(16)23-18-8-4-5-13-20-18/h2-13H,1H3. The summed E-state index contributed by atoms with van der Waals surface area (Å²) >= 11 is 0. The summed E-state index contributed by atoms with van der Waals surface area (Å²) in [5, 5.41) is 0. The summed E-state index contributed by atoms with van der Waals surface area (Å²) in [4.78, 5) is 16.8. The minimum absolute atomic E-state index is 0.112. The van der Waals surface area contributed by atoms with Crippen molar-refractivity contribution in [2.24, 2.45) is 0 Å². The maximum Gasteiger partial charge on any atom is 0.219 e. The van der Waals surface area contributed by atoms with Crippen LogP contribution in [-0.2, 0) is 0 Å². The van der Waals surface area contributed by atoms with E-state index < -0.39 is 0 Å². The molecule has 0 aliphatic heterocycles. The van der Waals surface area contributed by atoms with Crippen LogP contribution in [0.25, 0.3) is 0 Å². The third-order valence-electron chi connectivity index (χ3n) is 3.34. The lowest BCUT2D eigenvalue weighted by molar-refractivity contribution is 0.103. The Labute approximate surface area is 134 Å². The van der Waals surface area contributed by atoms with Gasteiger partial charge in [0.1, 0.15) is 11.5 Å². The Kier molecular flexibility index (Phi) is 4.34. The van der Waals surface area contributed by atoms with E-state index in [4.69, 9.17) is 9.47 Å². The number of rotatable bonds is 5. The average molecular weight is 305 g/mol. The van der Waals surface area contributed by atoms with E-state index >= 15 is 0 Å². The van der Waals surface area contributed by atoms with E-state index in [0.717, 1.165) is 0 Å². The number of hydrogen-bond donors (Lipinski definition) is 0. The van der Waals surface area contributed by atoms with E-state index in [0.29, 0.717) is 28.5 Å². The van der Waals surface area contributed by atoms with Gasteiger partial charge in [-0.05, 0) is 42.5 Å². The Morgan fingerprint density at radius 3 is 2.35 bits per heavy atom. The number of ether oxygens (including phenoxy) is 2. The molecule has 3 rings (SSSR count). The van der Waals surface area contributed by atoms with Gasteiger partial charge in [-0.25, -0.2) is 4.98 Å². The van der Waals surface area contributed by atoms with Gasteiger partial charge in [-0.1, -0.05) is 18.2 Å². The monoisotopic (exact) mass is 305 g/mol. The van der Waals surface area contributed by atoms with Crippen molar-refractivity contribution in [3.05, 3.63) is 84.1 Å². The summed E-state index contributed by atoms with van der Waals surface area (Å²) in [6.07, 6.45) is 1.64. The largest absolute Gasteiger partial charge is 0.497 e. The Hall–Kier alpha value is -3.14. The highest BCUT2D eigenvalue weighted by atomic mass is 16.5. The number of hydrogen-bond acceptors (Lipinski definition) is 4. The van der Waals surface area contributed by atoms with Gasteiger partial charge in [-0.2, -0.15) is 0 Å². The van der Waals surface area contributed by atoms with E-state index in [1.165, 1.54) is 0 Å². The average Bonchev–Trinajstić information content (AvgIpc) is 2.62. The lowest BCUT2D eigenvalue weighted by Gasteiger charge is -2.10. The highest BCUT2D eigenvalue weighted by molar-refractivity contribution is 6.10. The number of nitrogens with zero attached hydrogens (tertiary/aromatic N) is 1. The van der Waals surface area contributed by atoms with Crippen LogP contribution in [0.1, 0.15) is 15.9 Å². The molecule has 1 aromatic heterocycles. The zero-order valence-corrected chi connectivity index (χ0v) is 12.6. The van der Waals surface area contributed by atoms with Crippen molar-refractivity contribution in [1.82, 2.24) is 4.98 Å². The summed E-state index contributed by atoms with van der Waals surface area (Å²) in [6.45, 7) is 0. The van der Waals surface area contributed by atoms with Gasteiger partial charge in [0.05, 0.1) is 12.7 Å². The van der Waals surface area contributed by atoms with Gasteiger partial charge >= 0.3 is 0 Å². The van der Waals surface area contributed by atoms with E-state index in [1.54, 1.807) is 61.8 Å². The number of para-hydroxylation sites is 1. The van der Waals surface area contributed by atoms with Crippen LogP contribution in [0.4, 0.5) is 0 Å². The van der Waals surface area contributed by atoms with Crippen LogP contribution in [0, 0.1) is 0 Å². The fourth-order valence-corrected chi connectivity index (χ4v) is 2.16. The maximum absolute atomic E-state index is 12.7. The zero-order valence-electron chi connectivity index (χ0n) is 12.6. The summed E-state index contributed by atoms with van der Waals surface area (Å²) < 4.78 is 10.9. The lowest BCUT2D eigenvalue weighted by atomic mass is 10.0. The predicted molar refractivity (Wildman–Crippen MR) is 87.2 cm³/mol. The number of aromatic nitrogens is 1. The Balaban J connectivity index is 1.91. The summed E-state index contributed by atoms with van der Waals surface area (Å²) in [5.41, 5.74) is 1.06. The number of pyridine rings is 1. The fourth-order valence-electron chi connectivity index (χ4n) is 2.16. The molecule has 0 bridgehead atoms. The quantitative estimate of drug-likeness (QED) is 0.665. The third-order valence-corrected chi connectivity index (χ3v) is 3.34. The van der Waals surface area contributed by atoms with Crippen molar-refractivity contribution < 1.29 is 14.3 Å². The Morgan fingerprint density at radius 1 is 0.913 bits per heavy atom. The molecule has 2 aromatic carbocycles. The highest BCUT2D eigenvalue weighted by Gasteiger charge is 2.15. The first-order chi connectivity index (χ1) is 11.3. The number of carbonyl (C=O) groups is 1. The second-order valence-electron chi connectivity index (χ2n) is 4.82. The molecule has 0 radical (unpaired) electrons. The second kappa shape index (κ2) is 6.75. The smallest absolute Gasteiger partial charge is 0.219 e. The minimum atomic E-state index is -0.112. The molecule has 0 spiro atoms. The molecule has 0 fully saturated rings. The molecule has 0 saturated heterocycles. The highest BCUT2D eigenvalue weighted by Crippen LogP contribution is 2.26. The molecule has 0 unspecified atom stereocenters. The van der Waals surface area contributed by atoms with Crippen LogP contribution >= 0.6 is 0 Å². The van der Waals surface area contributed by atoms with Crippen molar-refractivity contribution >= 4 is 5.78 Å². The normalized spacial score (nSPS) is 10.1. The first-order valence-corrected chi connectivity index (χ1v) is 7.14. The van der Waals surface area contributed by atoms with E-state index in [-0.39, 0.29) is 5.78 Å². The summed E-state index contributed by atoms with van der Waals surface area (Å²) in [7, 11) is 1.59. The van der Waals surface area contributed by atoms with E-state index in [1.807, 2.05) is 18.2 Å². The molecule has 0 saturated carbocycles. The summed E-state index contributed by atoms with van der Waals surface area (Å²) in [5.74, 6) is 1.52. The van der Waals surface area contributed by atoms with Gasteiger partial charge in [0.15, 0.2) is 5.78 Å². The number of ketones is 1. The SMILES string of the molecule is COc1ccc(C(=O)c2ccccc2Oc2ccccn2)cc1. The van der Waals surface area contributed by atoms with Crippen LogP contribution in [0.15, 0.2) is 72.9 Å². The molecular formula is C19H15NO3. The van der Waals surface area contributed by atoms with E-state index in [2.05, 4.69) is 4.98 Å². The first kappa shape index (κ1) is 14.8. The first-order valence-electron chi connectivity index (χ1n) is 7.14. The van der Waals surface area contributed by atoms with Gasteiger partial charge in [0.2, 0.25) is 5.88 Å². The molecule has 0 atom stereocenters. The van der Waals surface area contributed by atoms with Crippen molar-refractivity contribution in [3.8, 4) is 17.4 Å². The molecular weight excluding hydrogens is 290 g/mol. The van der Waals surface area contributed by atoms with Crippen LogP contribution in [0.2, 0.25) is 0 Å². The molecule has 4 heteroatoms. The van der Waals surface area contributed by atoms with Gasteiger partial charge in [-0.15, -0.1) is 0 Å². The lowest BCUT2D eigenvalue weighted by Crippen LogP contribution is -2.04. The van der Waals surface area contributed by atoms with E-state index in [9.17, 15) is 4.79 Å². The molecule has 4 nitrogen and oxygen atoms in total. The Morgan fingerprint density at radius 2 is 1.65 bits per heavy atom. The molecule has 1 heterocycles. The molecule has 0 aliphatic carbocycles. The second-order valence-corrected chi connectivity index (χ2v) is 4.82. The predicted octanol–water partition coefficient (Wildman–Crippen LogP) is 4.11. The molecule has 0 N–H and O–H groups in total. The minimum Gasteiger partial charge on any atom is -0.497 e. The zero-order chi connectivity index (χ0) is 16.1. The fraction of sp³-hybridized carbons (Fsp3) is 0.0526. The van der Waals surface area contributed by atoms with Crippen molar-refractivity contribution in [3.63, 3.8) is 0 Å². The molecule has 23 heavy (non-hydrogen) atoms. The van der Waals surface area contributed by atoms with Gasteiger partial charge < -0.3 is 9.47 Å². The third kappa shape index (κ3) is 3.37. The van der Waals surface area contributed by atoms with Crippen LogP contribution in [-0.4, -0.2) is 17.9 Å². The van der Waals surface area contributed by atoms with Crippen LogP contribution < -0.4 is 9.47 Å². The molecule has 114 valence electrons. The van der Waals surface area contributed by atoms with Crippen molar-refractivity contribution in [2.45, 2.75) is 0 Å². The number of benzene rings is 2. The van der Waals surface area contributed by atoms with Crippen LogP contribution in [0.5, 0.6) is 17.4 Å². The number of methoxy groups -OCH3 is 1.